The lowest BCUT2D eigenvalue weighted by atomic mass is 10.4. The second-order valence-electron chi connectivity index (χ2n) is 2.96. The van der Waals surface area contributed by atoms with Crippen molar-refractivity contribution in [2.75, 3.05) is 7.11 Å². The van der Waals surface area contributed by atoms with Crippen LogP contribution in [0.15, 0.2) is 37.0 Å². The van der Waals surface area contributed by atoms with Crippen LogP contribution in [-0.4, -0.2) is 30.1 Å². The second-order valence-corrected chi connectivity index (χ2v) is 2.96. The van der Waals surface area contributed by atoms with E-state index < -0.39 is 11.9 Å². The smallest absolute Gasteiger partial charge is 0.332 e. The molecule has 0 aromatic heterocycles. The number of carboxylic acid groups (broad SMARTS) is 1. The van der Waals surface area contributed by atoms with Crippen LogP contribution in [0.4, 0.5) is 0 Å². The van der Waals surface area contributed by atoms with Crippen LogP contribution in [0.5, 0.6) is 0 Å². The van der Waals surface area contributed by atoms with Crippen LogP contribution in [0.2, 0.25) is 0 Å². The van der Waals surface area contributed by atoms with Gasteiger partial charge in [-0.25, -0.2) is 9.59 Å². The van der Waals surface area contributed by atoms with Crippen molar-refractivity contribution in [2.45, 2.75) is 13.8 Å². The Hall–Kier alpha value is -2.37. The van der Waals surface area contributed by atoms with Crippen molar-refractivity contribution in [3.63, 3.8) is 0 Å². The van der Waals surface area contributed by atoms with E-state index in [1.165, 1.54) is 14.0 Å². The molecule has 0 rings (SSSR count). The molecule has 0 fully saturated rings. The highest BCUT2D eigenvalue weighted by atomic mass is 16.5. The minimum absolute atomic E-state index is 0.176. The quantitative estimate of drug-likeness (QED) is 0.580. The zero-order valence-electron chi connectivity index (χ0n) is 10.9. The van der Waals surface area contributed by atoms with Gasteiger partial charge in [0.05, 0.1) is 7.11 Å². The number of nitrogens with two attached hydrogens (primary N) is 1. The van der Waals surface area contributed by atoms with Crippen molar-refractivity contribution in [3.05, 3.63) is 37.0 Å². The summed E-state index contributed by atoms with van der Waals surface area (Å²) in [5.41, 5.74) is 5.14. The number of primary amides is 1. The summed E-state index contributed by atoms with van der Waals surface area (Å²) in [5, 5.41) is 7.89. The van der Waals surface area contributed by atoms with E-state index in [1.54, 1.807) is 6.92 Å². The Morgan fingerprint density at radius 3 is 1.44 bits per heavy atom. The molecule has 0 spiro atoms. The molecule has 0 unspecified atom stereocenters. The fourth-order valence-electron chi connectivity index (χ4n) is 0.174. The fraction of sp³-hybridized carbons (Fsp3) is 0.250. The Morgan fingerprint density at radius 1 is 1.17 bits per heavy atom. The van der Waals surface area contributed by atoms with E-state index in [2.05, 4.69) is 30.2 Å². The molecule has 0 aromatic carbocycles. The number of amides is 1. The van der Waals surface area contributed by atoms with Gasteiger partial charge in [-0.15, -0.1) is 0 Å². The number of hydrogen-bond donors (Lipinski definition) is 2. The van der Waals surface area contributed by atoms with E-state index in [0.717, 1.165) is 6.08 Å². The summed E-state index contributed by atoms with van der Waals surface area (Å²) < 4.78 is 4.27. The Morgan fingerprint density at radius 2 is 1.44 bits per heavy atom. The van der Waals surface area contributed by atoms with Crippen LogP contribution in [0.1, 0.15) is 13.8 Å². The summed E-state index contributed by atoms with van der Waals surface area (Å²) >= 11 is 0. The summed E-state index contributed by atoms with van der Waals surface area (Å²) in [4.78, 5) is 29.3. The molecule has 0 radical (unpaired) electrons. The van der Waals surface area contributed by atoms with E-state index >= 15 is 0 Å². The van der Waals surface area contributed by atoms with Gasteiger partial charge in [-0.2, -0.15) is 0 Å². The topological polar surface area (TPSA) is 107 Å². The molecule has 0 heterocycles. The molecule has 0 saturated carbocycles. The Balaban J connectivity index is -0.000000190. The van der Waals surface area contributed by atoms with Crippen LogP contribution < -0.4 is 5.73 Å². The maximum atomic E-state index is 10.2. The maximum Gasteiger partial charge on any atom is 0.332 e. The number of aliphatic carboxylic acids is 1. The van der Waals surface area contributed by atoms with Gasteiger partial charge in [-0.1, -0.05) is 19.7 Å². The monoisotopic (exact) mass is 257 g/mol. The normalized spacial score (nSPS) is 7.28. The minimum Gasteiger partial charge on any atom is -0.478 e. The van der Waals surface area contributed by atoms with E-state index in [1.807, 2.05) is 0 Å². The predicted molar refractivity (Wildman–Crippen MR) is 68.7 cm³/mol. The minimum atomic E-state index is -0.935. The van der Waals surface area contributed by atoms with Gasteiger partial charge in [-0.3, -0.25) is 4.79 Å². The van der Waals surface area contributed by atoms with E-state index in [9.17, 15) is 14.4 Å². The van der Waals surface area contributed by atoms with E-state index in [-0.39, 0.29) is 11.5 Å². The number of esters is 1. The average molecular weight is 257 g/mol. The van der Waals surface area contributed by atoms with Gasteiger partial charge in [0.15, 0.2) is 0 Å². The van der Waals surface area contributed by atoms with Crippen molar-refractivity contribution in [1.82, 2.24) is 0 Å². The number of carbonyl (C=O) groups excluding carboxylic acids is 2. The van der Waals surface area contributed by atoms with Gasteiger partial charge in [0.1, 0.15) is 0 Å². The largest absolute Gasteiger partial charge is 0.478 e. The number of carbonyl (C=O) groups is 3. The maximum absolute atomic E-state index is 10.2. The first-order valence-corrected chi connectivity index (χ1v) is 4.64. The molecule has 102 valence electrons. The molecular weight excluding hydrogens is 238 g/mol. The first-order chi connectivity index (χ1) is 8.09. The molecule has 6 nitrogen and oxygen atoms in total. The highest BCUT2D eigenvalue weighted by Gasteiger charge is 1.95. The molecule has 0 aromatic rings. The summed E-state index contributed by atoms with van der Waals surface area (Å²) in [7, 11) is 1.33. The summed E-state index contributed by atoms with van der Waals surface area (Å²) in [6.45, 7) is 12.6. The summed E-state index contributed by atoms with van der Waals surface area (Å²) in [5.74, 6) is -1.76. The lowest BCUT2D eigenvalue weighted by molar-refractivity contribution is -0.136. The molecule has 0 aliphatic heterocycles. The lowest BCUT2D eigenvalue weighted by Gasteiger charge is -1.91. The zero-order chi connectivity index (χ0) is 15.3. The first kappa shape index (κ1) is 21.0. The highest BCUT2D eigenvalue weighted by molar-refractivity contribution is 5.86. The summed E-state index contributed by atoms with van der Waals surface area (Å²) in [6.07, 6.45) is 1.06. The van der Waals surface area contributed by atoms with Crippen LogP contribution in [0.3, 0.4) is 0 Å². The van der Waals surface area contributed by atoms with Crippen molar-refractivity contribution in [1.29, 1.82) is 0 Å². The van der Waals surface area contributed by atoms with Gasteiger partial charge in [0.2, 0.25) is 5.91 Å². The van der Waals surface area contributed by atoms with E-state index in [4.69, 9.17) is 5.11 Å². The molecule has 0 saturated heterocycles. The molecule has 0 atom stereocenters. The van der Waals surface area contributed by atoms with Gasteiger partial charge in [0, 0.05) is 11.1 Å². The van der Waals surface area contributed by atoms with Crippen molar-refractivity contribution in [2.24, 2.45) is 5.73 Å². The Bertz CT molecular complexity index is 332. The predicted octanol–water partition coefficient (Wildman–Crippen LogP) is 1.04. The van der Waals surface area contributed by atoms with Gasteiger partial charge in [0.25, 0.3) is 0 Å². The molecule has 3 N–H and O–H groups in total. The first-order valence-electron chi connectivity index (χ1n) is 4.64. The van der Waals surface area contributed by atoms with Crippen LogP contribution in [0.25, 0.3) is 0 Å². The molecular formula is C12H19NO5. The third-order valence-electron chi connectivity index (χ3n) is 1.10. The van der Waals surface area contributed by atoms with Crippen molar-refractivity contribution in [3.8, 4) is 0 Å². The molecule has 6 heteroatoms. The number of rotatable bonds is 3. The second kappa shape index (κ2) is 12.7. The van der Waals surface area contributed by atoms with Gasteiger partial charge < -0.3 is 15.6 Å². The van der Waals surface area contributed by atoms with E-state index in [0.29, 0.717) is 5.57 Å². The molecule has 0 aliphatic rings. The van der Waals surface area contributed by atoms with Crippen molar-refractivity contribution >= 4 is 17.8 Å². The molecule has 0 aliphatic carbocycles. The summed E-state index contributed by atoms with van der Waals surface area (Å²) in [6, 6.07) is 0. The average Bonchev–Trinajstić information content (AvgIpc) is 2.29. The third-order valence-corrected chi connectivity index (χ3v) is 1.10. The SMILES string of the molecule is C=C(C)C(=O)O.C=C(C)C(=O)OC.C=CC(N)=O. The Labute approximate surface area is 106 Å². The lowest BCUT2D eigenvalue weighted by Crippen LogP contribution is -2.04. The van der Waals surface area contributed by atoms with Gasteiger partial charge in [-0.05, 0) is 19.9 Å². The number of carboxylic acids is 1. The van der Waals surface area contributed by atoms with Crippen LogP contribution in [0, 0.1) is 0 Å². The van der Waals surface area contributed by atoms with Gasteiger partial charge >= 0.3 is 11.9 Å². The standard InChI is InChI=1S/C5H8O2.C4H6O2.C3H5NO/c1-4(2)5(6)7-3;1-3(2)4(5)6;1-2-3(4)5/h1H2,2-3H3;1H2,2H3,(H,5,6);2H,1H2,(H2,4,5). The molecule has 0 bridgehead atoms. The Kier molecular flexibility index (Phi) is 14.8. The number of hydrogen-bond acceptors (Lipinski definition) is 4. The zero-order valence-corrected chi connectivity index (χ0v) is 10.9. The highest BCUT2D eigenvalue weighted by Crippen LogP contribution is 1.87. The molecule has 18 heavy (non-hydrogen) atoms. The third kappa shape index (κ3) is 23.4. The number of ether oxygens (including phenoxy) is 1. The van der Waals surface area contributed by atoms with Crippen LogP contribution >= 0.6 is 0 Å². The molecule has 1 amide bonds. The fourth-order valence-corrected chi connectivity index (χ4v) is 0.174. The number of methoxy groups -OCH3 is 1. The van der Waals surface area contributed by atoms with Crippen molar-refractivity contribution < 1.29 is 24.2 Å². The van der Waals surface area contributed by atoms with Crippen LogP contribution in [-0.2, 0) is 19.1 Å².